The lowest BCUT2D eigenvalue weighted by Crippen LogP contribution is -2.04. The number of aryl methyl sites for hydroxylation is 2. The third kappa shape index (κ3) is 1.81. The normalized spacial score (nSPS) is 15.2. The van der Waals surface area contributed by atoms with Crippen LogP contribution in [-0.4, -0.2) is 14.3 Å². The first-order valence-corrected chi connectivity index (χ1v) is 8.03. The van der Waals surface area contributed by atoms with Crippen molar-refractivity contribution in [3.63, 3.8) is 0 Å². The van der Waals surface area contributed by atoms with Crippen LogP contribution >= 0.6 is 22.6 Å². The molecule has 0 radical (unpaired) electrons. The Kier molecular flexibility index (Phi) is 2.70. The SMILES string of the molecule is Cc1ccc2c(c1)c(I)c(-n1ccc(C3CC3)n1)n2C. The molecule has 1 aliphatic rings. The highest BCUT2D eigenvalue weighted by Crippen LogP contribution is 2.39. The summed E-state index contributed by atoms with van der Waals surface area (Å²) in [5.74, 6) is 1.86. The average Bonchev–Trinajstić information content (AvgIpc) is 3.12. The zero-order chi connectivity index (χ0) is 13.9. The van der Waals surface area contributed by atoms with Crippen molar-refractivity contribution in [3.8, 4) is 5.82 Å². The Morgan fingerprint density at radius 2 is 2.05 bits per heavy atom. The van der Waals surface area contributed by atoms with E-state index in [1.807, 2.05) is 4.68 Å². The topological polar surface area (TPSA) is 22.8 Å². The van der Waals surface area contributed by atoms with Crippen molar-refractivity contribution in [1.82, 2.24) is 14.3 Å². The molecule has 0 amide bonds. The van der Waals surface area contributed by atoms with E-state index in [-0.39, 0.29) is 0 Å². The van der Waals surface area contributed by atoms with Gasteiger partial charge in [0.05, 0.1) is 14.8 Å². The summed E-state index contributed by atoms with van der Waals surface area (Å²) in [5.41, 5.74) is 3.80. The predicted octanol–water partition coefficient (Wildman–Crippen LogP) is 4.15. The number of nitrogens with zero attached hydrogens (tertiary/aromatic N) is 3. The molecule has 0 atom stereocenters. The van der Waals surface area contributed by atoms with Crippen molar-refractivity contribution in [2.24, 2.45) is 7.05 Å². The molecule has 4 heteroatoms. The number of aromatic nitrogens is 3. The molecule has 3 nitrogen and oxygen atoms in total. The lowest BCUT2D eigenvalue weighted by Gasteiger charge is -2.04. The predicted molar refractivity (Wildman–Crippen MR) is 89.5 cm³/mol. The van der Waals surface area contributed by atoms with Gasteiger partial charge in [0.2, 0.25) is 0 Å². The van der Waals surface area contributed by atoms with Crippen molar-refractivity contribution in [3.05, 3.63) is 45.3 Å². The maximum Gasteiger partial charge on any atom is 0.148 e. The first kappa shape index (κ1) is 12.4. The van der Waals surface area contributed by atoms with Crippen LogP contribution in [0.3, 0.4) is 0 Å². The second-order valence-corrected chi connectivity index (χ2v) is 6.76. The first-order chi connectivity index (χ1) is 9.65. The third-order valence-corrected chi connectivity index (χ3v) is 5.15. The number of halogens is 1. The summed E-state index contributed by atoms with van der Waals surface area (Å²) in [5, 5.41) is 6.08. The van der Waals surface area contributed by atoms with E-state index in [1.165, 1.54) is 38.6 Å². The molecule has 0 saturated heterocycles. The van der Waals surface area contributed by atoms with Gasteiger partial charge in [-0.25, -0.2) is 4.68 Å². The summed E-state index contributed by atoms with van der Waals surface area (Å²) in [6.45, 7) is 2.14. The Morgan fingerprint density at radius 3 is 2.80 bits per heavy atom. The zero-order valence-electron chi connectivity index (χ0n) is 11.6. The van der Waals surface area contributed by atoms with E-state index in [1.54, 1.807) is 0 Å². The first-order valence-electron chi connectivity index (χ1n) is 6.95. The van der Waals surface area contributed by atoms with Crippen LogP contribution in [0, 0.1) is 10.5 Å². The Balaban J connectivity index is 1.93. The number of benzene rings is 1. The zero-order valence-corrected chi connectivity index (χ0v) is 13.8. The molecule has 0 unspecified atom stereocenters. The van der Waals surface area contributed by atoms with Crippen molar-refractivity contribution in [1.29, 1.82) is 0 Å². The highest BCUT2D eigenvalue weighted by Gasteiger charge is 2.26. The Morgan fingerprint density at radius 1 is 1.25 bits per heavy atom. The van der Waals surface area contributed by atoms with Gasteiger partial charge in [-0.15, -0.1) is 0 Å². The second kappa shape index (κ2) is 4.35. The summed E-state index contributed by atoms with van der Waals surface area (Å²) >= 11 is 2.44. The molecule has 0 bridgehead atoms. The second-order valence-electron chi connectivity index (χ2n) is 5.68. The highest BCUT2D eigenvalue weighted by molar-refractivity contribution is 14.1. The number of hydrogen-bond acceptors (Lipinski definition) is 1. The molecule has 1 saturated carbocycles. The molecule has 1 aliphatic carbocycles. The van der Waals surface area contributed by atoms with Crippen molar-refractivity contribution >= 4 is 33.5 Å². The molecule has 1 fully saturated rings. The fourth-order valence-corrected chi connectivity index (χ4v) is 3.85. The largest absolute Gasteiger partial charge is 0.328 e. The van der Waals surface area contributed by atoms with E-state index >= 15 is 0 Å². The van der Waals surface area contributed by atoms with Crippen LogP contribution in [-0.2, 0) is 7.05 Å². The van der Waals surface area contributed by atoms with Gasteiger partial charge in [-0.05, 0) is 60.6 Å². The van der Waals surface area contributed by atoms with Gasteiger partial charge in [-0.3, -0.25) is 0 Å². The molecular weight excluding hydrogens is 361 g/mol. The summed E-state index contributed by atoms with van der Waals surface area (Å²) in [6.07, 6.45) is 4.68. The molecule has 1 aromatic carbocycles. The summed E-state index contributed by atoms with van der Waals surface area (Å²) in [4.78, 5) is 0. The minimum atomic E-state index is 0.700. The van der Waals surface area contributed by atoms with Gasteiger partial charge >= 0.3 is 0 Å². The lowest BCUT2D eigenvalue weighted by molar-refractivity contribution is 0.764. The van der Waals surface area contributed by atoms with E-state index in [4.69, 9.17) is 5.10 Å². The average molecular weight is 377 g/mol. The molecule has 0 aliphatic heterocycles. The van der Waals surface area contributed by atoms with E-state index in [0.29, 0.717) is 5.92 Å². The van der Waals surface area contributed by atoms with Crippen LogP contribution < -0.4 is 0 Å². The van der Waals surface area contributed by atoms with Gasteiger partial charge in [0, 0.05) is 24.5 Å². The van der Waals surface area contributed by atoms with Crippen LogP contribution in [0.15, 0.2) is 30.5 Å². The molecule has 2 aromatic heterocycles. The van der Waals surface area contributed by atoms with E-state index in [2.05, 4.69) is 71.6 Å². The molecule has 20 heavy (non-hydrogen) atoms. The summed E-state index contributed by atoms with van der Waals surface area (Å²) in [7, 11) is 2.12. The number of hydrogen-bond donors (Lipinski definition) is 0. The Hall–Kier alpha value is -1.30. The molecular formula is C16H16IN3. The van der Waals surface area contributed by atoms with Gasteiger partial charge < -0.3 is 4.57 Å². The minimum Gasteiger partial charge on any atom is -0.328 e. The standard InChI is InChI=1S/C16H16IN3/c1-10-3-6-14-12(9-10)15(17)16(19(14)2)20-8-7-13(18-20)11-4-5-11/h3,6-9,11H,4-5H2,1-2H3. The number of fused-ring (bicyclic) bond motifs is 1. The highest BCUT2D eigenvalue weighted by atomic mass is 127. The van der Waals surface area contributed by atoms with E-state index in [9.17, 15) is 0 Å². The van der Waals surface area contributed by atoms with Crippen LogP contribution in [0.25, 0.3) is 16.7 Å². The molecule has 102 valence electrons. The van der Waals surface area contributed by atoms with Gasteiger partial charge in [-0.2, -0.15) is 5.10 Å². The third-order valence-electron chi connectivity index (χ3n) is 4.09. The van der Waals surface area contributed by atoms with Gasteiger partial charge in [0.15, 0.2) is 0 Å². The van der Waals surface area contributed by atoms with E-state index in [0.717, 1.165) is 5.82 Å². The molecule has 4 rings (SSSR count). The maximum absolute atomic E-state index is 4.77. The van der Waals surface area contributed by atoms with Crippen molar-refractivity contribution < 1.29 is 0 Å². The van der Waals surface area contributed by atoms with Gasteiger partial charge in [-0.1, -0.05) is 11.6 Å². The summed E-state index contributed by atoms with van der Waals surface area (Å²) in [6, 6.07) is 8.78. The molecule has 3 aromatic rings. The van der Waals surface area contributed by atoms with Gasteiger partial charge in [0.1, 0.15) is 5.82 Å². The van der Waals surface area contributed by atoms with Crippen LogP contribution in [0.2, 0.25) is 0 Å². The minimum absolute atomic E-state index is 0.700. The van der Waals surface area contributed by atoms with Crippen LogP contribution in [0.5, 0.6) is 0 Å². The van der Waals surface area contributed by atoms with Crippen LogP contribution in [0.1, 0.15) is 30.0 Å². The van der Waals surface area contributed by atoms with E-state index < -0.39 is 0 Å². The quantitative estimate of drug-likeness (QED) is 0.615. The lowest BCUT2D eigenvalue weighted by atomic mass is 10.2. The maximum atomic E-state index is 4.77. The molecule has 0 spiro atoms. The van der Waals surface area contributed by atoms with Crippen molar-refractivity contribution in [2.45, 2.75) is 25.7 Å². The van der Waals surface area contributed by atoms with Gasteiger partial charge in [0.25, 0.3) is 0 Å². The fraction of sp³-hybridized carbons (Fsp3) is 0.312. The number of rotatable bonds is 2. The summed E-state index contributed by atoms with van der Waals surface area (Å²) < 4.78 is 5.54. The molecule has 0 N–H and O–H groups in total. The van der Waals surface area contributed by atoms with Crippen LogP contribution in [0.4, 0.5) is 0 Å². The van der Waals surface area contributed by atoms with Crippen molar-refractivity contribution in [2.75, 3.05) is 0 Å². The fourth-order valence-electron chi connectivity index (χ4n) is 2.81. The Labute approximate surface area is 131 Å². The Bertz CT molecular complexity index is 809. The smallest absolute Gasteiger partial charge is 0.148 e. The monoisotopic (exact) mass is 377 g/mol. The molecule has 2 heterocycles.